The molecule has 2 heterocycles. The fraction of sp³-hybridized carbons (Fsp3) is 0.200. The highest BCUT2D eigenvalue weighted by Gasteiger charge is 2.44. The molecular formula is C30H23Cl2NO3. The van der Waals surface area contributed by atoms with Crippen LogP contribution in [-0.2, 0) is 4.79 Å². The van der Waals surface area contributed by atoms with Gasteiger partial charge in [0, 0.05) is 39.5 Å². The number of nitrogens with zero attached hydrogens (tertiary/aromatic N) is 1. The van der Waals surface area contributed by atoms with Crippen LogP contribution in [0.3, 0.4) is 0 Å². The summed E-state index contributed by atoms with van der Waals surface area (Å²) in [6.07, 6.45) is 0.986. The van der Waals surface area contributed by atoms with Gasteiger partial charge in [-0.2, -0.15) is 0 Å². The van der Waals surface area contributed by atoms with Crippen LogP contribution in [0.1, 0.15) is 43.7 Å². The van der Waals surface area contributed by atoms with Gasteiger partial charge in [0.15, 0.2) is 11.2 Å². The van der Waals surface area contributed by atoms with Crippen molar-refractivity contribution < 1.29 is 9.53 Å². The lowest BCUT2D eigenvalue weighted by atomic mass is 9.70. The number of aromatic nitrogens is 1. The minimum atomic E-state index is -0.574. The van der Waals surface area contributed by atoms with Crippen molar-refractivity contribution in [3.63, 3.8) is 0 Å². The van der Waals surface area contributed by atoms with Gasteiger partial charge >= 0.3 is 0 Å². The number of ketones is 1. The van der Waals surface area contributed by atoms with Crippen LogP contribution in [0.15, 0.2) is 88.9 Å². The summed E-state index contributed by atoms with van der Waals surface area (Å²) in [5.74, 6) is 0.491. The number of carbonyl (C=O) groups excluding carboxylic acids is 1. The maximum Gasteiger partial charge on any atom is 0.212 e. The maximum absolute atomic E-state index is 14.2. The lowest BCUT2D eigenvalue weighted by molar-refractivity contribution is -0.118. The molecule has 1 aliphatic carbocycles. The third kappa shape index (κ3) is 3.68. The predicted octanol–water partition coefficient (Wildman–Crippen LogP) is 7.47. The predicted molar refractivity (Wildman–Crippen MR) is 144 cm³/mol. The number of hydrogen-bond acceptors (Lipinski definition) is 3. The van der Waals surface area contributed by atoms with Crippen molar-refractivity contribution in [3.8, 4) is 11.6 Å². The van der Waals surface area contributed by atoms with E-state index in [1.54, 1.807) is 24.3 Å². The first-order chi connectivity index (χ1) is 17.2. The summed E-state index contributed by atoms with van der Waals surface area (Å²) in [7, 11) is 0. The largest absolute Gasteiger partial charge is 0.444 e. The number of benzene rings is 3. The lowest BCUT2D eigenvalue weighted by Crippen LogP contribution is -2.36. The van der Waals surface area contributed by atoms with Gasteiger partial charge in [-0.1, -0.05) is 67.4 Å². The number of fused-ring (bicyclic) bond motifs is 2. The molecule has 36 heavy (non-hydrogen) atoms. The monoisotopic (exact) mass is 515 g/mol. The normalized spacial score (nSPS) is 18.6. The van der Waals surface area contributed by atoms with Gasteiger partial charge in [0.1, 0.15) is 5.76 Å². The Morgan fingerprint density at radius 3 is 2.31 bits per heavy atom. The van der Waals surface area contributed by atoms with Crippen molar-refractivity contribution >= 4 is 39.9 Å². The van der Waals surface area contributed by atoms with Crippen LogP contribution in [-0.4, -0.2) is 10.4 Å². The summed E-state index contributed by atoms with van der Waals surface area (Å²) >= 11 is 12.6. The third-order valence-corrected chi connectivity index (χ3v) is 7.50. The van der Waals surface area contributed by atoms with E-state index in [1.807, 2.05) is 53.1 Å². The number of ether oxygens (including phenoxy) is 1. The molecule has 1 aromatic heterocycles. The number of rotatable bonds is 2. The maximum atomic E-state index is 14.2. The molecule has 0 saturated carbocycles. The van der Waals surface area contributed by atoms with Gasteiger partial charge in [-0.25, -0.2) is 0 Å². The van der Waals surface area contributed by atoms with Crippen LogP contribution in [0.5, 0.6) is 5.88 Å². The molecule has 3 aromatic carbocycles. The lowest BCUT2D eigenvalue weighted by Gasteiger charge is -2.39. The molecule has 0 fully saturated rings. The van der Waals surface area contributed by atoms with E-state index in [0.717, 1.165) is 11.3 Å². The summed E-state index contributed by atoms with van der Waals surface area (Å²) in [4.78, 5) is 27.8. The first-order valence-electron chi connectivity index (χ1n) is 11.9. The van der Waals surface area contributed by atoms with Gasteiger partial charge < -0.3 is 4.74 Å². The zero-order chi connectivity index (χ0) is 25.2. The second kappa shape index (κ2) is 8.36. The van der Waals surface area contributed by atoms with E-state index in [0.29, 0.717) is 56.6 Å². The van der Waals surface area contributed by atoms with Gasteiger partial charge in [-0.05, 0) is 53.4 Å². The Labute approximate surface area is 218 Å². The Balaban J connectivity index is 1.76. The third-order valence-electron chi connectivity index (χ3n) is 7.02. The van der Waals surface area contributed by atoms with Gasteiger partial charge in [0.25, 0.3) is 0 Å². The average molecular weight is 516 g/mol. The van der Waals surface area contributed by atoms with Gasteiger partial charge in [-0.15, -0.1) is 0 Å². The molecule has 4 aromatic rings. The second-order valence-electron chi connectivity index (χ2n) is 10.2. The smallest absolute Gasteiger partial charge is 0.212 e. The van der Waals surface area contributed by atoms with Crippen molar-refractivity contribution in [1.82, 2.24) is 4.57 Å². The number of para-hydroxylation sites is 1. The van der Waals surface area contributed by atoms with Crippen LogP contribution in [0.25, 0.3) is 16.6 Å². The fourth-order valence-corrected chi connectivity index (χ4v) is 5.78. The molecule has 0 amide bonds. The van der Waals surface area contributed by atoms with Crippen LogP contribution in [0.2, 0.25) is 10.0 Å². The summed E-state index contributed by atoms with van der Waals surface area (Å²) in [6, 6.07) is 22.4. The molecule has 0 saturated heterocycles. The van der Waals surface area contributed by atoms with Crippen LogP contribution >= 0.6 is 23.2 Å². The SMILES string of the molecule is CC1(C)CC(=O)C2=C(C1)Oc1c(c(=O)c3cc(Cl)ccc3n1-c1ccccc1)C2c1ccc(Cl)cc1. The molecule has 6 rings (SSSR count). The quantitative estimate of drug-likeness (QED) is 0.278. The van der Waals surface area contributed by atoms with E-state index in [1.165, 1.54) is 0 Å². The number of halogens is 2. The summed E-state index contributed by atoms with van der Waals surface area (Å²) < 4.78 is 8.54. The minimum absolute atomic E-state index is 0.00343. The fourth-order valence-electron chi connectivity index (χ4n) is 5.49. The van der Waals surface area contributed by atoms with Crippen molar-refractivity contribution in [2.24, 2.45) is 5.41 Å². The molecule has 0 N–H and O–H groups in total. The second-order valence-corrected chi connectivity index (χ2v) is 11.1. The topological polar surface area (TPSA) is 48.3 Å². The summed E-state index contributed by atoms with van der Waals surface area (Å²) in [5, 5.41) is 1.53. The number of carbonyl (C=O) groups is 1. The van der Waals surface area contributed by atoms with E-state index in [9.17, 15) is 9.59 Å². The van der Waals surface area contributed by atoms with Crippen LogP contribution < -0.4 is 10.2 Å². The zero-order valence-electron chi connectivity index (χ0n) is 19.8. The summed E-state index contributed by atoms with van der Waals surface area (Å²) in [5.41, 5.74) is 2.91. The molecule has 0 spiro atoms. The van der Waals surface area contributed by atoms with Crippen molar-refractivity contribution in [1.29, 1.82) is 0 Å². The molecule has 6 heteroatoms. The molecular weight excluding hydrogens is 493 g/mol. The highest BCUT2D eigenvalue weighted by atomic mass is 35.5. The highest BCUT2D eigenvalue weighted by molar-refractivity contribution is 6.31. The molecule has 180 valence electrons. The Kier molecular flexibility index (Phi) is 5.36. The Bertz CT molecular complexity index is 1630. The van der Waals surface area contributed by atoms with Crippen LogP contribution in [0, 0.1) is 5.41 Å². The van der Waals surface area contributed by atoms with Crippen LogP contribution in [0.4, 0.5) is 0 Å². The van der Waals surface area contributed by atoms with Gasteiger partial charge in [-0.3, -0.25) is 14.2 Å². The Morgan fingerprint density at radius 2 is 1.58 bits per heavy atom. The van der Waals surface area contributed by atoms with Crippen molar-refractivity contribution in [3.05, 3.63) is 116 Å². The number of pyridine rings is 1. The standard InChI is InChI=1S/C30H23Cl2NO3/c1-30(2)15-23(34)26-24(16-30)36-29-27(25(26)17-8-10-18(31)11-9-17)28(35)21-14-19(32)12-13-22(21)33(29)20-6-4-3-5-7-20/h3-14,25H,15-16H2,1-2H3. The number of Topliss-reactive ketones (excluding diaryl/α,β-unsaturated/α-hetero) is 1. The molecule has 0 radical (unpaired) electrons. The molecule has 1 aliphatic heterocycles. The van der Waals surface area contributed by atoms with Crippen molar-refractivity contribution in [2.45, 2.75) is 32.6 Å². The molecule has 2 aliphatic rings. The van der Waals surface area contributed by atoms with Crippen molar-refractivity contribution in [2.75, 3.05) is 0 Å². The Morgan fingerprint density at radius 1 is 0.889 bits per heavy atom. The number of allylic oxidation sites excluding steroid dienone is 2. The minimum Gasteiger partial charge on any atom is -0.444 e. The van der Waals surface area contributed by atoms with E-state index in [4.69, 9.17) is 27.9 Å². The molecule has 0 bridgehead atoms. The highest BCUT2D eigenvalue weighted by Crippen LogP contribution is 2.50. The zero-order valence-corrected chi connectivity index (χ0v) is 21.4. The average Bonchev–Trinajstić information content (AvgIpc) is 2.84. The first-order valence-corrected chi connectivity index (χ1v) is 12.6. The summed E-state index contributed by atoms with van der Waals surface area (Å²) in [6.45, 7) is 4.13. The van der Waals surface area contributed by atoms with E-state index in [2.05, 4.69) is 13.8 Å². The Hall–Kier alpha value is -3.34. The molecule has 4 nitrogen and oxygen atoms in total. The molecule has 1 atom stereocenters. The number of hydrogen-bond donors (Lipinski definition) is 0. The van der Waals surface area contributed by atoms with E-state index < -0.39 is 5.92 Å². The first kappa shape index (κ1) is 23.1. The van der Waals surface area contributed by atoms with Gasteiger partial charge in [0.05, 0.1) is 17.0 Å². The van der Waals surface area contributed by atoms with Gasteiger partial charge in [0.2, 0.25) is 5.88 Å². The van der Waals surface area contributed by atoms with E-state index >= 15 is 0 Å². The molecule has 1 unspecified atom stereocenters. The van der Waals surface area contributed by atoms with E-state index in [-0.39, 0.29) is 16.6 Å².